The van der Waals surface area contributed by atoms with Crippen LogP contribution in [0, 0.1) is 18.4 Å². The van der Waals surface area contributed by atoms with Crippen molar-refractivity contribution in [2.75, 3.05) is 18.9 Å². The Bertz CT molecular complexity index is 1670. The summed E-state index contributed by atoms with van der Waals surface area (Å²) in [7, 11) is -4.34. The maximum absolute atomic E-state index is 14.2. The molecule has 2 aromatic heterocycles. The molecule has 0 spiro atoms. The van der Waals surface area contributed by atoms with Gasteiger partial charge in [-0.15, -0.1) is 6.42 Å². The molecule has 0 radical (unpaired) electrons. The molecule has 3 aromatic rings. The van der Waals surface area contributed by atoms with Gasteiger partial charge in [0.15, 0.2) is 22.6 Å². The highest BCUT2D eigenvalue weighted by molar-refractivity contribution is 7.52. The first-order chi connectivity index (χ1) is 26.1. The summed E-state index contributed by atoms with van der Waals surface area (Å²) in [5, 5.41) is 13.7. The van der Waals surface area contributed by atoms with E-state index in [9.17, 15) is 18.9 Å². The summed E-state index contributed by atoms with van der Waals surface area (Å²) in [6.07, 6.45) is 23.7. The fourth-order valence-corrected chi connectivity index (χ4v) is 7.99. The number of aliphatic hydroxyl groups is 1. The van der Waals surface area contributed by atoms with E-state index in [0.717, 1.165) is 19.3 Å². The number of benzene rings is 1. The molecule has 0 saturated carbocycles. The maximum atomic E-state index is 14.2. The molecule has 3 heterocycles. The molecule has 1 fully saturated rings. The number of rotatable bonds is 26. The number of fused-ring (bicyclic) bond motifs is 1. The van der Waals surface area contributed by atoms with Crippen LogP contribution in [-0.4, -0.2) is 61.6 Å². The molecule has 13 nitrogen and oxygen atoms in total. The molecule has 5 atom stereocenters. The van der Waals surface area contributed by atoms with E-state index >= 15 is 0 Å². The summed E-state index contributed by atoms with van der Waals surface area (Å²) in [6, 6.07) is 7.18. The van der Waals surface area contributed by atoms with E-state index in [1.165, 1.54) is 101 Å². The highest BCUT2D eigenvalue weighted by Gasteiger charge is 2.50. The minimum atomic E-state index is -4.34. The fourth-order valence-electron chi connectivity index (χ4n) is 6.47. The number of aliphatic hydroxyl groups excluding tert-OH is 1. The van der Waals surface area contributed by atoms with Crippen LogP contribution in [0.25, 0.3) is 11.2 Å². The summed E-state index contributed by atoms with van der Waals surface area (Å²) in [6.45, 7) is 3.38. The number of hydrogen-bond acceptors (Lipinski definition) is 11. The molecule has 54 heavy (non-hydrogen) atoms. The number of anilines is 1. The average molecular weight is 773 g/mol. The van der Waals surface area contributed by atoms with Crippen LogP contribution in [0.3, 0.4) is 0 Å². The van der Waals surface area contributed by atoms with Crippen molar-refractivity contribution in [2.45, 2.75) is 147 Å². The Balaban J connectivity index is 1.21. The summed E-state index contributed by atoms with van der Waals surface area (Å²) >= 11 is 0. The van der Waals surface area contributed by atoms with Crippen LogP contribution in [0.2, 0.25) is 0 Å². The van der Waals surface area contributed by atoms with Gasteiger partial charge in [0.05, 0.1) is 12.9 Å². The second-order valence-corrected chi connectivity index (χ2v) is 15.8. The second-order valence-electron chi connectivity index (χ2n) is 14.1. The molecule has 1 saturated heterocycles. The number of aromatic nitrogens is 4. The summed E-state index contributed by atoms with van der Waals surface area (Å²) in [4.78, 5) is 24.3. The number of para-hydroxylation sites is 1. The van der Waals surface area contributed by atoms with E-state index < -0.39 is 50.4 Å². The van der Waals surface area contributed by atoms with Gasteiger partial charge in [0.1, 0.15) is 30.7 Å². The van der Waals surface area contributed by atoms with Crippen LogP contribution in [-0.2, 0) is 23.4 Å². The lowest BCUT2D eigenvalue weighted by atomic mass is 9.99. The largest absolute Gasteiger partial charge is 0.465 e. The first kappa shape index (κ1) is 43.1. The molecular formula is C39H58FN6O7P. The highest BCUT2D eigenvalue weighted by Crippen LogP contribution is 2.48. The third-order valence-electron chi connectivity index (χ3n) is 9.65. The van der Waals surface area contributed by atoms with Gasteiger partial charge in [-0.1, -0.05) is 127 Å². The zero-order chi connectivity index (χ0) is 38.8. The molecule has 4 rings (SSSR count). The van der Waals surface area contributed by atoms with Gasteiger partial charge in [-0.25, -0.2) is 9.55 Å². The van der Waals surface area contributed by atoms with Crippen molar-refractivity contribution in [2.24, 2.45) is 0 Å². The number of carbonyl (C=O) groups is 1. The Morgan fingerprint density at radius 2 is 1.65 bits per heavy atom. The molecule has 298 valence electrons. The van der Waals surface area contributed by atoms with Crippen LogP contribution in [0.5, 0.6) is 5.75 Å². The van der Waals surface area contributed by atoms with Gasteiger partial charge in [0, 0.05) is 6.42 Å². The molecular weight excluding hydrogens is 714 g/mol. The van der Waals surface area contributed by atoms with E-state index in [2.05, 4.69) is 32.9 Å². The number of nitrogens with one attached hydrogen (secondary N) is 1. The topological polar surface area (TPSA) is 173 Å². The van der Waals surface area contributed by atoms with Crippen molar-refractivity contribution < 1.29 is 37.4 Å². The zero-order valence-corrected chi connectivity index (χ0v) is 32.7. The van der Waals surface area contributed by atoms with E-state index in [1.807, 2.05) is 0 Å². The van der Waals surface area contributed by atoms with Crippen molar-refractivity contribution in [1.29, 1.82) is 0 Å². The first-order valence-electron chi connectivity index (χ1n) is 19.5. The number of unbranched alkanes of at least 4 members (excludes halogenated alkanes) is 15. The van der Waals surface area contributed by atoms with Gasteiger partial charge < -0.3 is 24.8 Å². The first-order valence-corrected chi connectivity index (χ1v) is 21.1. The number of hydrogen-bond donors (Lipinski definition) is 3. The number of esters is 1. The lowest BCUT2D eigenvalue weighted by Crippen LogP contribution is -2.43. The highest BCUT2D eigenvalue weighted by atomic mass is 31.2. The molecule has 0 aliphatic carbocycles. The number of halogens is 1. The number of nitrogen functional groups attached to an aromatic ring is 1. The predicted molar refractivity (Wildman–Crippen MR) is 206 cm³/mol. The Morgan fingerprint density at radius 3 is 2.24 bits per heavy atom. The van der Waals surface area contributed by atoms with E-state index in [1.54, 1.807) is 30.3 Å². The molecule has 0 bridgehead atoms. The van der Waals surface area contributed by atoms with Crippen LogP contribution >= 0.6 is 7.75 Å². The zero-order valence-electron chi connectivity index (χ0n) is 31.8. The summed E-state index contributed by atoms with van der Waals surface area (Å²) in [5.74, 6) is 1.83. The van der Waals surface area contributed by atoms with Gasteiger partial charge in [0.2, 0.25) is 0 Å². The third kappa shape index (κ3) is 13.0. The Morgan fingerprint density at radius 1 is 1.06 bits per heavy atom. The van der Waals surface area contributed by atoms with Crippen molar-refractivity contribution >= 4 is 30.7 Å². The van der Waals surface area contributed by atoms with Crippen molar-refractivity contribution in [3.8, 4) is 18.1 Å². The van der Waals surface area contributed by atoms with Gasteiger partial charge in [0.25, 0.3) is 0 Å². The molecule has 0 amide bonds. The molecule has 1 aliphatic heterocycles. The van der Waals surface area contributed by atoms with Crippen LogP contribution in [0.4, 0.5) is 10.2 Å². The smallest absolute Gasteiger partial charge is 0.459 e. The third-order valence-corrected chi connectivity index (χ3v) is 11.3. The predicted octanol–water partition coefficient (Wildman–Crippen LogP) is 8.19. The molecule has 15 heteroatoms. The molecule has 1 aromatic carbocycles. The van der Waals surface area contributed by atoms with Gasteiger partial charge in [-0.2, -0.15) is 19.4 Å². The molecule has 4 N–H and O–H groups in total. The molecule has 1 aliphatic rings. The van der Waals surface area contributed by atoms with E-state index in [4.69, 9.17) is 30.7 Å². The normalized spacial score (nSPS) is 20.1. The number of nitrogens with zero attached hydrogens (tertiary/aromatic N) is 4. The fraction of sp³-hybridized carbons (Fsp3) is 0.641. The Kier molecular flexibility index (Phi) is 17.6. The molecule has 1 unspecified atom stereocenters. The van der Waals surface area contributed by atoms with Crippen molar-refractivity contribution in [3.63, 3.8) is 0 Å². The van der Waals surface area contributed by atoms with Gasteiger partial charge in [-0.05, 0) is 25.5 Å². The Hall–Kier alpha value is -3.60. The number of terminal acetylenes is 1. The van der Waals surface area contributed by atoms with Gasteiger partial charge in [-0.3, -0.25) is 13.9 Å². The SMILES string of the molecule is C#C[C@]1(COP(=O)(N[C@@H](C)C(=O)OCCCCCCCCCCCCCCCCCC)Oc2ccccc2)O[C@@H](n2cnc3c(N)nc(F)nc32)C[C@@H]1O. The monoisotopic (exact) mass is 772 g/mol. The maximum Gasteiger partial charge on any atom is 0.459 e. The van der Waals surface area contributed by atoms with Crippen molar-refractivity contribution in [1.82, 2.24) is 24.6 Å². The van der Waals surface area contributed by atoms with Crippen molar-refractivity contribution in [3.05, 3.63) is 42.7 Å². The van der Waals surface area contributed by atoms with Crippen LogP contribution in [0.15, 0.2) is 36.7 Å². The lowest BCUT2D eigenvalue weighted by molar-refractivity contribution is -0.145. The summed E-state index contributed by atoms with van der Waals surface area (Å²) < 4.78 is 52.6. The quantitative estimate of drug-likeness (QED) is 0.0235. The standard InChI is InChI=1S/C39H58FN6O7P/c1-4-6-7-8-9-10-11-12-13-14-15-16-17-18-19-23-26-50-37(48)30(3)45-54(49,53-31-24-21-20-22-25-31)51-28-39(5-2)32(47)27-33(52-39)46-29-42-34-35(41)43-38(40)44-36(34)46/h2,20-22,24-25,29-30,32-33,47H,4,6-19,23,26-28H2,1,3H3,(H,45,49)(H2,41,43,44)/t30-,32-,33+,39+,54?/m0/s1. The van der Waals surface area contributed by atoms with E-state index in [-0.39, 0.29) is 35.8 Å². The number of ether oxygens (including phenoxy) is 2. The minimum absolute atomic E-state index is 0.0395. The number of imidazole rings is 1. The summed E-state index contributed by atoms with van der Waals surface area (Å²) in [5.41, 5.74) is 4.16. The second kappa shape index (κ2) is 22.1. The van der Waals surface area contributed by atoms with Crippen LogP contribution < -0.4 is 15.3 Å². The number of carbonyl (C=O) groups excluding carboxylic acids is 1. The number of nitrogens with two attached hydrogens (primary N) is 1. The van der Waals surface area contributed by atoms with Gasteiger partial charge >= 0.3 is 19.8 Å². The lowest BCUT2D eigenvalue weighted by Gasteiger charge is -2.29. The minimum Gasteiger partial charge on any atom is -0.465 e. The average Bonchev–Trinajstić information content (AvgIpc) is 3.73. The van der Waals surface area contributed by atoms with E-state index in [0.29, 0.717) is 0 Å². The van der Waals surface area contributed by atoms with Crippen LogP contribution in [0.1, 0.15) is 129 Å². The Labute approximate surface area is 318 Å².